The largest absolute Gasteiger partial charge is 0.416 e. The molecule has 0 aliphatic carbocycles. The van der Waals surface area contributed by atoms with Gasteiger partial charge in [-0.05, 0) is 61.9 Å². The number of sulfonamides is 1. The van der Waals surface area contributed by atoms with Gasteiger partial charge < -0.3 is 5.32 Å². The highest BCUT2D eigenvalue weighted by molar-refractivity contribution is 7.89. The van der Waals surface area contributed by atoms with Crippen molar-refractivity contribution in [3.05, 3.63) is 89.7 Å². The lowest BCUT2D eigenvalue weighted by Crippen LogP contribution is -2.49. The lowest BCUT2D eigenvalue weighted by molar-refractivity contribution is -0.137. The third-order valence-electron chi connectivity index (χ3n) is 7.03. The minimum Gasteiger partial charge on any atom is -0.339 e. The van der Waals surface area contributed by atoms with Gasteiger partial charge in [-0.15, -0.1) is 0 Å². The fourth-order valence-electron chi connectivity index (χ4n) is 4.68. The molecule has 1 atom stereocenters. The first kappa shape index (κ1) is 27.0. The lowest BCUT2D eigenvalue weighted by atomic mass is 10.1. The molecule has 2 heterocycles. The molecular formula is C28H28F3N5O2S. The first-order valence-corrected chi connectivity index (χ1v) is 14.0. The maximum atomic E-state index is 13.1. The molecule has 0 radical (unpaired) electrons. The lowest BCUT2D eigenvalue weighted by Gasteiger charge is -2.37. The van der Waals surface area contributed by atoms with Crippen molar-refractivity contribution in [2.75, 3.05) is 31.5 Å². The number of hydrogen-bond donors (Lipinski definition) is 1. The Bertz CT molecular complexity index is 1590. The molecule has 1 aromatic heterocycles. The maximum Gasteiger partial charge on any atom is 0.416 e. The molecular weight excluding hydrogens is 527 g/mol. The van der Waals surface area contributed by atoms with E-state index in [1.165, 1.54) is 4.31 Å². The third kappa shape index (κ3) is 5.61. The van der Waals surface area contributed by atoms with Gasteiger partial charge in [-0.1, -0.05) is 30.3 Å². The summed E-state index contributed by atoms with van der Waals surface area (Å²) in [6, 6.07) is 19.1. The summed E-state index contributed by atoms with van der Waals surface area (Å²) in [6.45, 7) is 5.27. The van der Waals surface area contributed by atoms with Gasteiger partial charge >= 0.3 is 6.18 Å². The Labute approximate surface area is 225 Å². The third-order valence-corrected chi connectivity index (χ3v) is 8.95. The molecule has 1 N–H and O–H groups in total. The van der Waals surface area contributed by atoms with Gasteiger partial charge in [0.2, 0.25) is 10.0 Å². The number of nitrogens with one attached hydrogen (secondary N) is 1. The van der Waals surface area contributed by atoms with Crippen LogP contribution in [0.2, 0.25) is 0 Å². The van der Waals surface area contributed by atoms with Crippen LogP contribution in [0.3, 0.4) is 0 Å². The number of anilines is 2. The van der Waals surface area contributed by atoms with Crippen molar-refractivity contribution in [3.63, 3.8) is 0 Å². The van der Waals surface area contributed by atoms with E-state index in [0.717, 1.165) is 46.4 Å². The van der Waals surface area contributed by atoms with Crippen molar-refractivity contribution in [1.82, 2.24) is 19.2 Å². The number of alkyl halides is 3. The molecule has 1 aliphatic heterocycles. The molecule has 204 valence electrons. The summed E-state index contributed by atoms with van der Waals surface area (Å²) in [7, 11) is -3.91. The van der Waals surface area contributed by atoms with Gasteiger partial charge in [0.1, 0.15) is 11.6 Å². The SMILES string of the molecule is Cc1ccccc1Nc1nc(C(C)N2CCN(S(=O)(=O)c3ccc(C(F)(F)F)cc3)CC2)nc2ccccc12. The molecule has 0 bridgehead atoms. The molecule has 1 unspecified atom stereocenters. The predicted molar refractivity (Wildman–Crippen MR) is 144 cm³/mol. The average molecular weight is 556 g/mol. The fraction of sp³-hybridized carbons (Fsp3) is 0.286. The number of rotatable bonds is 6. The van der Waals surface area contributed by atoms with Crippen molar-refractivity contribution >= 4 is 32.4 Å². The van der Waals surface area contributed by atoms with Crippen molar-refractivity contribution in [2.45, 2.75) is 31.0 Å². The fourth-order valence-corrected chi connectivity index (χ4v) is 6.10. The Kier molecular flexibility index (Phi) is 7.32. The van der Waals surface area contributed by atoms with Crippen molar-refractivity contribution in [2.24, 2.45) is 0 Å². The van der Waals surface area contributed by atoms with Gasteiger partial charge in [-0.3, -0.25) is 4.90 Å². The standard InChI is InChI=1S/C28H28F3N5O2S/c1-19-7-3-5-9-24(19)32-27-23-8-4-6-10-25(23)33-26(34-27)20(2)35-15-17-36(18-16-35)39(37,38)22-13-11-21(12-14-22)28(29,30)31/h3-14,20H,15-18H2,1-2H3,(H,32,33,34). The van der Waals surface area contributed by atoms with E-state index >= 15 is 0 Å². The highest BCUT2D eigenvalue weighted by Gasteiger charge is 2.33. The molecule has 11 heteroatoms. The van der Waals surface area contributed by atoms with Crippen molar-refractivity contribution in [3.8, 4) is 0 Å². The number of para-hydroxylation sites is 2. The molecule has 39 heavy (non-hydrogen) atoms. The summed E-state index contributed by atoms with van der Waals surface area (Å²) < 4.78 is 66.1. The number of aryl methyl sites for hydroxylation is 1. The Morgan fingerprint density at radius 1 is 0.872 bits per heavy atom. The Balaban J connectivity index is 1.33. The summed E-state index contributed by atoms with van der Waals surface area (Å²) >= 11 is 0. The van der Waals surface area contributed by atoms with Gasteiger partial charge in [0.25, 0.3) is 0 Å². The van der Waals surface area contributed by atoms with Crippen LogP contribution in [0, 0.1) is 6.92 Å². The zero-order valence-corrected chi connectivity index (χ0v) is 22.3. The predicted octanol–water partition coefficient (Wildman–Crippen LogP) is 5.77. The van der Waals surface area contributed by atoms with E-state index in [4.69, 9.17) is 9.97 Å². The first-order chi connectivity index (χ1) is 18.5. The number of nitrogens with zero attached hydrogens (tertiary/aromatic N) is 4. The number of fused-ring (bicyclic) bond motifs is 1. The molecule has 0 spiro atoms. The van der Waals surface area contributed by atoms with Gasteiger partial charge in [0, 0.05) is 37.3 Å². The molecule has 5 rings (SSSR count). The first-order valence-electron chi connectivity index (χ1n) is 12.5. The van der Waals surface area contributed by atoms with E-state index < -0.39 is 21.8 Å². The minimum absolute atomic E-state index is 0.151. The molecule has 1 aliphatic rings. The normalized spacial score (nSPS) is 16.3. The Morgan fingerprint density at radius 2 is 1.51 bits per heavy atom. The maximum absolute atomic E-state index is 13.1. The number of piperazine rings is 1. The summed E-state index contributed by atoms with van der Waals surface area (Å²) in [5.74, 6) is 1.31. The van der Waals surface area contributed by atoms with Crippen molar-refractivity contribution < 1.29 is 21.6 Å². The summed E-state index contributed by atoms with van der Waals surface area (Å²) in [4.78, 5) is 11.6. The van der Waals surface area contributed by atoms with Gasteiger partial charge in [0.05, 0.1) is 22.0 Å². The second-order valence-corrected chi connectivity index (χ2v) is 11.5. The molecule has 7 nitrogen and oxygen atoms in total. The Morgan fingerprint density at radius 3 is 2.18 bits per heavy atom. The van der Waals surface area contributed by atoms with Crippen LogP contribution in [-0.2, 0) is 16.2 Å². The van der Waals surface area contributed by atoms with Crippen LogP contribution >= 0.6 is 0 Å². The molecule has 1 fully saturated rings. The van der Waals surface area contributed by atoms with E-state index in [9.17, 15) is 21.6 Å². The number of halogens is 3. The highest BCUT2D eigenvalue weighted by Crippen LogP contribution is 2.31. The van der Waals surface area contributed by atoms with Gasteiger partial charge in [-0.2, -0.15) is 17.5 Å². The van der Waals surface area contributed by atoms with E-state index in [1.54, 1.807) is 0 Å². The molecule has 1 saturated heterocycles. The van der Waals surface area contributed by atoms with E-state index in [0.29, 0.717) is 24.7 Å². The van der Waals surface area contributed by atoms with E-state index in [1.807, 2.05) is 62.4 Å². The van der Waals surface area contributed by atoms with Crippen LogP contribution < -0.4 is 5.32 Å². The minimum atomic E-state index is -4.52. The van der Waals surface area contributed by atoms with Gasteiger partial charge in [-0.25, -0.2) is 18.4 Å². The van der Waals surface area contributed by atoms with Crippen LogP contribution in [0.5, 0.6) is 0 Å². The van der Waals surface area contributed by atoms with Crippen LogP contribution in [0.4, 0.5) is 24.7 Å². The molecule has 4 aromatic rings. The van der Waals surface area contributed by atoms with E-state index in [2.05, 4.69) is 10.2 Å². The van der Waals surface area contributed by atoms with Crippen molar-refractivity contribution in [1.29, 1.82) is 0 Å². The number of hydrogen-bond acceptors (Lipinski definition) is 6. The Hall–Kier alpha value is -3.54. The molecule has 3 aromatic carbocycles. The average Bonchev–Trinajstić information content (AvgIpc) is 2.93. The molecule has 0 saturated carbocycles. The molecule has 0 amide bonds. The monoisotopic (exact) mass is 555 g/mol. The smallest absolute Gasteiger partial charge is 0.339 e. The zero-order chi connectivity index (χ0) is 27.8. The second-order valence-electron chi connectivity index (χ2n) is 9.53. The topological polar surface area (TPSA) is 78.4 Å². The summed E-state index contributed by atoms with van der Waals surface area (Å²) in [5.41, 5.74) is 1.95. The zero-order valence-electron chi connectivity index (χ0n) is 21.5. The van der Waals surface area contributed by atoms with Crippen LogP contribution in [0.1, 0.15) is 29.9 Å². The number of benzene rings is 3. The summed E-state index contributed by atoms with van der Waals surface area (Å²) in [5, 5.41) is 4.34. The van der Waals surface area contributed by atoms with Crippen LogP contribution in [0.15, 0.2) is 77.7 Å². The van der Waals surface area contributed by atoms with Crippen LogP contribution in [-0.4, -0.2) is 53.8 Å². The number of aromatic nitrogens is 2. The van der Waals surface area contributed by atoms with E-state index in [-0.39, 0.29) is 24.0 Å². The highest BCUT2D eigenvalue weighted by atomic mass is 32.2. The quantitative estimate of drug-likeness (QED) is 0.326. The second kappa shape index (κ2) is 10.6. The van der Waals surface area contributed by atoms with Crippen LogP contribution in [0.25, 0.3) is 10.9 Å². The van der Waals surface area contributed by atoms with Gasteiger partial charge in [0.15, 0.2) is 0 Å². The summed E-state index contributed by atoms with van der Waals surface area (Å²) in [6.07, 6.45) is -4.52.